The lowest BCUT2D eigenvalue weighted by Gasteiger charge is -2.13. The third kappa shape index (κ3) is 7.23. The molecule has 0 bridgehead atoms. The number of urea groups is 1. The SMILES string of the molecule is Cc1cc(OC(F)(F)Cl)nc(NC(=O)NS(=O)(=O)c2ccccc2OS(C)(=O)=O)n1. The number of anilines is 1. The summed E-state index contributed by atoms with van der Waals surface area (Å²) in [5.74, 6) is -1.81. The molecule has 0 saturated carbocycles. The normalized spacial score (nSPS) is 12.2. The second-order valence-electron chi connectivity index (χ2n) is 5.51. The number of hydrogen-bond donors (Lipinski definition) is 2. The number of carbonyl (C=O) groups is 1. The number of aryl methyl sites for hydroxylation is 1. The molecule has 11 nitrogen and oxygen atoms in total. The Morgan fingerprint density at radius 2 is 1.80 bits per heavy atom. The van der Waals surface area contributed by atoms with Gasteiger partial charge in [0.25, 0.3) is 10.0 Å². The fourth-order valence-corrected chi connectivity index (χ4v) is 3.62. The van der Waals surface area contributed by atoms with Crippen molar-refractivity contribution in [2.45, 2.75) is 17.4 Å². The van der Waals surface area contributed by atoms with E-state index >= 15 is 0 Å². The Morgan fingerprint density at radius 1 is 1.17 bits per heavy atom. The van der Waals surface area contributed by atoms with E-state index in [0.29, 0.717) is 6.26 Å². The molecule has 164 valence electrons. The number of nitrogens with zero attached hydrogens (tertiary/aromatic N) is 2. The van der Waals surface area contributed by atoms with Crippen LogP contribution in [0.2, 0.25) is 0 Å². The lowest BCUT2D eigenvalue weighted by atomic mass is 10.3. The van der Waals surface area contributed by atoms with E-state index in [-0.39, 0.29) is 5.69 Å². The second kappa shape index (κ2) is 8.53. The monoisotopic (exact) mass is 486 g/mol. The smallest absolute Gasteiger partial charge is 0.402 e. The van der Waals surface area contributed by atoms with Gasteiger partial charge in [-0.1, -0.05) is 12.1 Å². The van der Waals surface area contributed by atoms with E-state index in [9.17, 15) is 30.4 Å². The molecule has 1 aromatic heterocycles. The van der Waals surface area contributed by atoms with Crippen molar-refractivity contribution in [3.63, 3.8) is 0 Å². The molecule has 16 heteroatoms. The van der Waals surface area contributed by atoms with E-state index in [1.54, 1.807) is 4.72 Å². The van der Waals surface area contributed by atoms with Gasteiger partial charge in [-0.15, -0.1) is 8.78 Å². The van der Waals surface area contributed by atoms with Gasteiger partial charge in [0.2, 0.25) is 11.8 Å². The molecule has 0 atom stereocenters. The van der Waals surface area contributed by atoms with Gasteiger partial charge in [-0.25, -0.2) is 22.9 Å². The summed E-state index contributed by atoms with van der Waals surface area (Å²) in [6.07, 6.45) is 0.704. The number of hydrogen-bond acceptors (Lipinski definition) is 9. The van der Waals surface area contributed by atoms with Crippen LogP contribution < -0.4 is 19.0 Å². The Balaban J connectivity index is 2.23. The molecular formula is C14H13ClF2N4O7S2. The van der Waals surface area contributed by atoms with Crippen LogP contribution in [0.25, 0.3) is 0 Å². The van der Waals surface area contributed by atoms with Crippen molar-refractivity contribution < 1.29 is 39.3 Å². The predicted molar refractivity (Wildman–Crippen MR) is 99.5 cm³/mol. The number of amides is 2. The molecule has 2 rings (SSSR count). The standard InChI is InChI=1S/C14H13ClF2N4O7S2/c1-8-7-11(27-14(15,16)17)19-12(18-8)20-13(22)21-30(25,26)10-6-4-3-5-9(10)28-29(2,23)24/h3-7H,1-2H3,(H2,18,19,20,21,22). The van der Waals surface area contributed by atoms with Gasteiger partial charge < -0.3 is 8.92 Å². The van der Waals surface area contributed by atoms with Crippen molar-refractivity contribution >= 4 is 43.7 Å². The Hall–Kier alpha value is -2.78. The molecule has 0 aliphatic rings. The molecule has 0 radical (unpaired) electrons. The quantitative estimate of drug-likeness (QED) is 0.440. The largest absolute Gasteiger partial charge is 0.488 e. The first kappa shape index (κ1) is 23.5. The molecule has 0 aliphatic carbocycles. The number of carbonyl (C=O) groups excluding carboxylic acids is 1. The zero-order valence-corrected chi connectivity index (χ0v) is 17.5. The van der Waals surface area contributed by atoms with Crippen LogP contribution >= 0.6 is 11.6 Å². The lowest BCUT2D eigenvalue weighted by Crippen LogP contribution is -2.35. The molecule has 2 N–H and O–H groups in total. The molecule has 30 heavy (non-hydrogen) atoms. The first-order chi connectivity index (χ1) is 13.6. The second-order valence-corrected chi connectivity index (χ2v) is 9.18. The van der Waals surface area contributed by atoms with Crippen LogP contribution in [0.15, 0.2) is 35.2 Å². The summed E-state index contributed by atoms with van der Waals surface area (Å²) in [6.45, 7) is 1.36. The number of ether oxygens (including phenoxy) is 1. The van der Waals surface area contributed by atoms with Gasteiger partial charge in [-0.2, -0.15) is 13.4 Å². The van der Waals surface area contributed by atoms with Crippen LogP contribution in [-0.2, 0) is 20.1 Å². The zero-order chi connectivity index (χ0) is 22.7. The maximum atomic E-state index is 12.7. The van der Waals surface area contributed by atoms with E-state index in [1.807, 2.05) is 5.32 Å². The lowest BCUT2D eigenvalue weighted by molar-refractivity contribution is -0.0991. The average molecular weight is 487 g/mol. The number of aromatic nitrogens is 2. The zero-order valence-electron chi connectivity index (χ0n) is 15.1. The molecule has 0 spiro atoms. The first-order valence-electron chi connectivity index (χ1n) is 7.58. The van der Waals surface area contributed by atoms with Crippen LogP contribution in [0, 0.1) is 6.92 Å². The van der Waals surface area contributed by atoms with Crippen molar-refractivity contribution in [2.24, 2.45) is 0 Å². The minimum Gasteiger partial charge on any atom is -0.402 e. The highest BCUT2D eigenvalue weighted by Gasteiger charge is 2.29. The number of benzene rings is 1. The Labute approximate surface area is 174 Å². The molecule has 0 unspecified atom stereocenters. The Kier molecular flexibility index (Phi) is 6.68. The Morgan fingerprint density at radius 3 is 2.40 bits per heavy atom. The van der Waals surface area contributed by atoms with Crippen molar-refractivity contribution in [3.05, 3.63) is 36.0 Å². The molecule has 0 fully saturated rings. The van der Waals surface area contributed by atoms with E-state index in [1.165, 1.54) is 19.1 Å². The van der Waals surface area contributed by atoms with Crippen LogP contribution in [0.4, 0.5) is 19.5 Å². The number of nitrogens with one attached hydrogen (secondary N) is 2. The number of halogens is 3. The molecule has 1 heterocycles. The summed E-state index contributed by atoms with van der Waals surface area (Å²) in [5.41, 5.74) is -3.99. The van der Waals surface area contributed by atoms with E-state index in [2.05, 4.69) is 30.5 Å². The van der Waals surface area contributed by atoms with Crippen molar-refractivity contribution in [3.8, 4) is 11.6 Å². The number of para-hydroxylation sites is 1. The molecule has 0 saturated heterocycles. The third-order valence-electron chi connectivity index (χ3n) is 2.88. The van der Waals surface area contributed by atoms with E-state index in [4.69, 9.17) is 0 Å². The first-order valence-corrected chi connectivity index (χ1v) is 11.3. The fourth-order valence-electron chi connectivity index (χ4n) is 1.97. The summed E-state index contributed by atoms with van der Waals surface area (Å²) >= 11 is 4.64. The molecule has 0 aliphatic heterocycles. The summed E-state index contributed by atoms with van der Waals surface area (Å²) in [6, 6.07) is 4.25. The highest BCUT2D eigenvalue weighted by atomic mass is 35.5. The van der Waals surface area contributed by atoms with Crippen LogP contribution in [0.5, 0.6) is 11.6 Å². The maximum Gasteiger partial charge on any atom is 0.488 e. The number of rotatable bonds is 7. The third-order valence-corrected chi connectivity index (χ3v) is 4.81. The average Bonchev–Trinajstić information content (AvgIpc) is 2.50. The highest BCUT2D eigenvalue weighted by Crippen LogP contribution is 2.25. The molecule has 2 amide bonds. The summed E-state index contributed by atoms with van der Waals surface area (Å²) in [4.78, 5) is 18.6. The van der Waals surface area contributed by atoms with Crippen molar-refractivity contribution in [2.75, 3.05) is 11.6 Å². The molecular weight excluding hydrogens is 474 g/mol. The molecule has 2 aromatic rings. The van der Waals surface area contributed by atoms with E-state index in [0.717, 1.165) is 18.2 Å². The topological polar surface area (TPSA) is 154 Å². The van der Waals surface area contributed by atoms with Gasteiger partial charge in [-0.3, -0.25) is 5.32 Å². The van der Waals surface area contributed by atoms with Gasteiger partial charge in [0.15, 0.2) is 5.75 Å². The van der Waals surface area contributed by atoms with Crippen molar-refractivity contribution in [1.82, 2.24) is 14.7 Å². The van der Waals surface area contributed by atoms with E-state index < -0.39 is 54.2 Å². The maximum absolute atomic E-state index is 12.7. The fraction of sp³-hybridized carbons (Fsp3) is 0.214. The van der Waals surface area contributed by atoms with Crippen LogP contribution in [0.1, 0.15) is 5.69 Å². The summed E-state index contributed by atoms with van der Waals surface area (Å²) in [5, 5.41) is 1.92. The Bertz CT molecular complexity index is 1170. The van der Waals surface area contributed by atoms with Gasteiger partial charge >= 0.3 is 21.7 Å². The van der Waals surface area contributed by atoms with Gasteiger partial charge in [0.05, 0.1) is 6.26 Å². The van der Waals surface area contributed by atoms with Crippen molar-refractivity contribution in [1.29, 1.82) is 0 Å². The molecule has 1 aromatic carbocycles. The predicted octanol–water partition coefficient (Wildman–Crippen LogP) is 1.80. The van der Waals surface area contributed by atoms with Crippen LogP contribution in [0.3, 0.4) is 0 Å². The van der Waals surface area contributed by atoms with Crippen LogP contribution in [-0.4, -0.2) is 44.7 Å². The summed E-state index contributed by atoms with van der Waals surface area (Å²) < 4.78 is 83.2. The minimum atomic E-state index is -4.61. The number of sulfonamides is 1. The summed E-state index contributed by atoms with van der Waals surface area (Å²) in [7, 11) is -8.67. The van der Waals surface area contributed by atoms with Gasteiger partial charge in [0, 0.05) is 23.4 Å². The number of alkyl halides is 3. The highest BCUT2D eigenvalue weighted by molar-refractivity contribution is 7.90. The van der Waals surface area contributed by atoms with Gasteiger partial charge in [0.1, 0.15) is 4.90 Å². The minimum absolute atomic E-state index is 0.0889. The van der Waals surface area contributed by atoms with Gasteiger partial charge in [-0.05, 0) is 19.1 Å².